The summed E-state index contributed by atoms with van der Waals surface area (Å²) >= 11 is 0. The molecule has 0 bridgehead atoms. The Morgan fingerprint density at radius 3 is 2.22 bits per heavy atom. The number of anilines is 1. The monoisotopic (exact) mass is 529 g/mol. The van der Waals surface area contributed by atoms with E-state index in [0.717, 1.165) is 24.3 Å². The Labute approximate surface area is 210 Å². The third-order valence-electron chi connectivity index (χ3n) is 5.63. The van der Waals surface area contributed by atoms with Gasteiger partial charge in [0, 0.05) is 30.4 Å². The molecule has 1 unspecified atom stereocenters. The number of nitrogens with zero attached hydrogens (tertiary/aromatic N) is 1. The van der Waals surface area contributed by atoms with Gasteiger partial charge in [0.2, 0.25) is 0 Å². The average Bonchev–Trinajstić information content (AvgIpc) is 2.83. The molecule has 3 aromatic rings. The average molecular weight is 529 g/mol. The van der Waals surface area contributed by atoms with Crippen molar-refractivity contribution in [1.29, 1.82) is 0 Å². The van der Waals surface area contributed by atoms with E-state index in [9.17, 15) is 35.8 Å². The smallest absolute Gasteiger partial charge is 0.416 e. The quantitative estimate of drug-likeness (QED) is 0.275. The number of alkyl halides is 6. The highest BCUT2D eigenvalue weighted by molar-refractivity contribution is 5.51. The van der Waals surface area contributed by atoms with Crippen LogP contribution in [0.1, 0.15) is 42.0 Å². The van der Waals surface area contributed by atoms with E-state index in [1.54, 1.807) is 18.2 Å². The van der Waals surface area contributed by atoms with Crippen LogP contribution in [0, 0.1) is 5.82 Å². The molecule has 3 nitrogen and oxygen atoms in total. The Bertz CT molecular complexity index is 1180. The van der Waals surface area contributed by atoms with Crippen LogP contribution in [0.25, 0.3) is 0 Å². The maximum absolute atomic E-state index is 14.5. The predicted molar refractivity (Wildman–Crippen MR) is 126 cm³/mol. The number of halogens is 7. The molecule has 0 radical (unpaired) electrons. The second-order valence-corrected chi connectivity index (χ2v) is 8.61. The Morgan fingerprint density at radius 1 is 0.865 bits per heavy atom. The first-order chi connectivity index (χ1) is 17.4. The minimum Gasteiger partial charge on any atom is -0.489 e. The van der Waals surface area contributed by atoms with Crippen molar-refractivity contribution in [3.8, 4) is 5.75 Å². The van der Waals surface area contributed by atoms with Gasteiger partial charge in [-0.3, -0.25) is 0 Å². The summed E-state index contributed by atoms with van der Waals surface area (Å²) in [5, 5.41) is 10.4. The van der Waals surface area contributed by atoms with Gasteiger partial charge in [-0.05, 0) is 54.4 Å². The summed E-state index contributed by atoms with van der Waals surface area (Å²) in [6.07, 6.45) is -8.88. The first-order valence-corrected chi connectivity index (χ1v) is 11.5. The molecule has 0 saturated carbocycles. The zero-order chi connectivity index (χ0) is 27.2. The molecule has 0 amide bonds. The van der Waals surface area contributed by atoms with E-state index in [4.69, 9.17) is 4.74 Å². The molecular formula is C27H26F7NO2. The molecule has 3 rings (SSSR count). The number of benzene rings is 3. The van der Waals surface area contributed by atoms with Crippen LogP contribution in [0.2, 0.25) is 0 Å². The molecule has 3 aromatic carbocycles. The predicted octanol–water partition coefficient (Wildman–Crippen LogP) is 7.61. The van der Waals surface area contributed by atoms with Crippen molar-refractivity contribution in [2.75, 3.05) is 11.4 Å². The van der Waals surface area contributed by atoms with Gasteiger partial charge in [0.1, 0.15) is 18.2 Å². The van der Waals surface area contributed by atoms with Crippen LogP contribution in [-0.4, -0.2) is 17.8 Å². The fourth-order valence-corrected chi connectivity index (χ4v) is 3.79. The van der Waals surface area contributed by atoms with E-state index in [1.165, 1.54) is 23.1 Å². The second-order valence-electron chi connectivity index (χ2n) is 8.61. The lowest BCUT2D eigenvalue weighted by molar-refractivity contribution is -0.138. The van der Waals surface area contributed by atoms with Crippen molar-refractivity contribution < 1.29 is 40.6 Å². The summed E-state index contributed by atoms with van der Waals surface area (Å²) in [6, 6.07) is 13.2. The molecule has 0 aliphatic carbocycles. The number of ether oxygens (including phenoxy) is 1. The van der Waals surface area contributed by atoms with Crippen LogP contribution in [0.5, 0.6) is 5.75 Å². The van der Waals surface area contributed by atoms with E-state index in [1.807, 2.05) is 6.92 Å². The summed E-state index contributed by atoms with van der Waals surface area (Å²) in [5.74, 6) is -0.533. The van der Waals surface area contributed by atoms with Gasteiger partial charge < -0.3 is 14.7 Å². The van der Waals surface area contributed by atoms with E-state index < -0.39 is 35.4 Å². The second kappa shape index (κ2) is 11.9. The van der Waals surface area contributed by atoms with Gasteiger partial charge in [-0.1, -0.05) is 31.5 Å². The van der Waals surface area contributed by atoms with E-state index in [2.05, 4.69) is 0 Å². The summed E-state index contributed by atoms with van der Waals surface area (Å²) in [7, 11) is 0. The van der Waals surface area contributed by atoms with Crippen molar-refractivity contribution in [2.24, 2.45) is 0 Å². The third-order valence-corrected chi connectivity index (χ3v) is 5.63. The molecule has 0 heterocycles. The van der Waals surface area contributed by atoms with Gasteiger partial charge in [0.05, 0.1) is 17.2 Å². The fraction of sp³-hybridized carbons (Fsp3) is 0.333. The van der Waals surface area contributed by atoms with Gasteiger partial charge >= 0.3 is 12.4 Å². The number of rotatable bonds is 10. The largest absolute Gasteiger partial charge is 0.489 e. The van der Waals surface area contributed by atoms with Crippen molar-refractivity contribution >= 4 is 5.69 Å². The molecule has 10 heteroatoms. The van der Waals surface area contributed by atoms with Gasteiger partial charge in [-0.15, -0.1) is 0 Å². The zero-order valence-corrected chi connectivity index (χ0v) is 19.9. The lowest BCUT2D eigenvalue weighted by Crippen LogP contribution is -2.32. The summed E-state index contributed by atoms with van der Waals surface area (Å²) in [4.78, 5) is 1.54. The Kier molecular flexibility index (Phi) is 9.07. The standard InChI is InChI=1S/C27H26F7NO2/c1-2-5-23(36)16-35(15-19-13-21(27(32,33)34)10-11-25(19)28)22-8-4-9-24(14-22)37-17-18-6-3-7-20(12-18)26(29,30)31/h3-4,6-14,23,36H,2,5,15-17H2,1H3. The Hall–Kier alpha value is -3.27. The topological polar surface area (TPSA) is 32.7 Å². The number of hydrogen-bond acceptors (Lipinski definition) is 3. The van der Waals surface area contributed by atoms with Crippen LogP contribution in [0.15, 0.2) is 66.7 Å². The lowest BCUT2D eigenvalue weighted by Gasteiger charge is -2.28. The SMILES string of the molecule is CCCC(O)CN(Cc1cc(C(F)(F)F)ccc1F)c1cccc(OCc2cccc(C(F)(F)F)c2)c1. The summed E-state index contributed by atoms with van der Waals surface area (Å²) in [6.45, 7) is 1.46. The lowest BCUT2D eigenvalue weighted by atomic mass is 10.1. The molecule has 0 aromatic heterocycles. The van der Waals surface area contributed by atoms with Gasteiger partial charge in [0.15, 0.2) is 0 Å². The van der Waals surface area contributed by atoms with Crippen molar-refractivity contribution in [2.45, 2.75) is 51.4 Å². The molecule has 1 N–H and O–H groups in total. The van der Waals surface area contributed by atoms with Crippen molar-refractivity contribution in [3.63, 3.8) is 0 Å². The van der Waals surface area contributed by atoms with Gasteiger partial charge in [0.25, 0.3) is 0 Å². The number of hydrogen-bond donors (Lipinski definition) is 1. The molecule has 200 valence electrons. The highest BCUT2D eigenvalue weighted by Gasteiger charge is 2.32. The van der Waals surface area contributed by atoms with Crippen LogP contribution in [0.4, 0.5) is 36.4 Å². The van der Waals surface area contributed by atoms with Crippen LogP contribution >= 0.6 is 0 Å². The molecule has 0 aliphatic rings. The summed E-state index contributed by atoms with van der Waals surface area (Å²) in [5.41, 5.74) is -1.26. The van der Waals surface area contributed by atoms with E-state index >= 15 is 0 Å². The van der Waals surface area contributed by atoms with Gasteiger partial charge in [-0.2, -0.15) is 26.3 Å². The first-order valence-electron chi connectivity index (χ1n) is 11.5. The molecule has 1 atom stereocenters. The highest BCUT2D eigenvalue weighted by Crippen LogP contribution is 2.32. The van der Waals surface area contributed by atoms with E-state index in [0.29, 0.717) is 30.2 Å². The summed E-state index contributed by atoms with van der Waals surface area (Å²) < 4.78 is 98.6. The first kappa shape index (κ1) is 28.3. The Morgan fingerprint density at radius 2 is 1.54 bits per heavy atom. The van der Waals surface area contributed by atoms with Crippen LogP contribution < -0.4 is 9.64 Å². The molecule has 0 fully saturated rings. The fourth-order valence-electron chi connectivity index (χ4n) is 3.79. The molecule has 0 spiro atoms. The minimum atomic E-state index is -4.65. The normalized spacial score (nSPS) is 12.9. The maximum Gasteiger partial charge on any atom is 0.416 e. The molecular weight excluding hydrogens is 503 g/mol. The van der Waals surface area contributed by atoms with E-state index in [-0.39, 0.29) is 31.0 Å². The molecule has 0 saturated heterocycles. The van der Waals surface area contributed by atoms with Crippen molar-refractivity contribution in [1.82, 2.24) is 0 Å². The zero-order valence-electron chi connectivity index (χ0n) is 19.9. The maximum atomic E-state index is 14.5. The minimum absolute atomic E-state index is 0.0145. The van der Waals surface area contributed by atoms with Gasteiger partial charge in [-0.25, -0.2) is 4.39 Å². The number of aliphatic hydroxyl groups excluding tert-OH is 1. The highest BCUT2D eigenvalue weighted by atomic mass is 19.4. The molecule has 37 heavy (non-hydrogen) atoms. The number of aliphatic hydroxyl groups is 1. The van der Waals surface area contributed by atoms with Crippen LogP contribution in [0.3, 0.4) is 0 Å². The third kappa shape index (κ3) is 8.11. The molecule has 0 aliphatic heterocycles. The Balaban J connectivity index is 1.84. The van der Waals surface area contributed by atoms with Crippen molar-refractivity contribution in [3.05, 3.63) is 94.8 Å². The van der Waals surface area contributed by atoms with Crippen LogP contribution in [-0.2, 0) is 25.5 Å².